The highest BCUT2D eigenvalue weighted by atomic mass is 16.2. The SMILES string of the molecule is C[C@@H]1CCCN(C(=O)NCCNc2ncccn2)C1. The Morgan fingerprint density at radius 2 is 2.21 bits per heavy atom. The number of hydrogen-bond donors (Lipinski definition) is 2. The number of anilines is 1. The van der Waals surface area contributed by atoms with Crippen LogP contribution in [0.3, 0.4) is 0 Å². The minimum atomic E-state index is 0.0299. The summed E-state index contributed by atoms with van der Waals surface area (Å²) >= 11 is 0. The third kappa shape index (κ3) is 4.39. The van der Waals surface area contributed by atoms with Gasteiger partial charge in [-0.3, -0.25) is 0 Å². The van der Waals surface area contributed by atoms with Gasteiger partial charge in [0, 0.05) is 38.6 Å². The minimum absolute atomic E-state index is 0.0299. The van der Waals surface area contributed by atoms with Gasteiger partial charge in [-0.2, -0.15) is 0 Å². The molecule has 0 aromatic carbocycles. The average Bonchev–Trinajstić information content (AvgIpc) is 2.44. The van der Waals surface area contributed by atoms with Gasteiger partial charge in [-0.15, -0.1) is 0 Å². The maximum Gasteiger partial charge on any atom is 0.317 e. The summed E-state index contributed by atoms with van der Waals surface area (Å²) in [7, 11) is 0. The topological polar surface area (TPSA) is 70.2 Å². The summed E-state index contributed by atoms with van der Waals surface area (Å²) in [5.74, 6) is 1.19. The van der Waals surface area contributed by atoms with E-state index >= 15 is 0 Å². The Balaban J connectivity index is 1.64. The smallest absolute Gasteiger partial charge is 0.317 e. The van der Waals surface area contributed by atoms with E-state index in [9.17, 15) is 4.79 Å². The molecule has 0 bridgehead atoms. The first-order chi connectivity index (χ1) is 9.25. The molecule has 0 aliphatic carbocycles. The van der Waals surface area contributed by atoms with Gasteiger partial charge in [0.25, 0.3) is 0 Å². The van der Waals surface area contributed by atoms with E-state index in [0.717, 1.165) is 19.5 Å². The van der Waals surface area contributed by atoms with Crippen molar-refractivity contribution < 1.29 is 4.79 Å². The van der Waals surface area contributed by atoms with Crippen LogP contribution in [0.25, 0.3) is 0 Å². The summed E-state index contributed by atoms with van der Waals surface area (Å²) in [6.07, 6.45) is 5.69. The Bertz CT molecular complexity index is 397. The Labute approximate surface area is 113 Å². The lowest BCUT2D eigenvalue weighted by Gasteiger charge is -2.30. The van der Waals surface area contributed by atoms with Crippen LogP contribution in [0, 0.1) is 5.92 Å². The number of aromatic nitrogens is 2. The molecule has 0 radical (unpaired) electrons. The Kier molecular flexibility index (Phi) is 4.94. The predicted octanol–water partition coefficient (Wildman–Crippen LogP) is 1.33. The van der Waals surface area contributed by atoms with Crippen molar-refractivity contribution in [3.63, 3.8) is 0 Å². The fourth-order valence-electron chi connectivity index (χ4n) is 2.22. The number of nitrogens with zero attached hydrogens (tertiary/aromatic N) is 3. The molecule has 104 valence electrons. The van der Waals surface area contributed by atoms with Gasteiger partial charge in [0.15, 0.2) is 0 Å². The van der Waals surface area contributed by atoms with Crippen LogP contribution < -0.4 is 10.6 Å². The van der Waals surface area contributed by atoms with Gasteiger partial charge in [-0.1, -0.05) is 6.92 Å². The second-order valence-electron chi connectivity index (χ2n) is 4.92. The van der Waals surface area contributed by atoms with E-state index in [1.54, 1.807) is 18.5 Å². The fraction of sp³-hybridized carbons (Fsp3) is 0.615. The van der Waals surface area contributed by atoms with Crippen LogP contribution in [-0.2, 0) is 0 Å². The fourth-order valence-corrected chi connectivity index (χ4v) is 2.22. The Hall–Kier alpha value is -1.85. The number of piperidine rings is 1. The molecule has 1 aromatic rings. The lowest BCUT2D eigenvalue weighted by atomic mass is 10.0. The van der Waals surface area contributed by atoms with E-state index in [1.165, 1.54) is 6.42 Å². The van der Waals surface area contributed by atoms with Crippen molar-refractivity contribution in [3.05, 3.63) is 18.5 Å². The Morgan fingerprint density at radius 1 is 1.42 bits per heavy atom. The van der Waals surface area contributed by atoms with E-state index in [2.05, 4.69) is 27.5 Å². The molecule has 2 heterocycles. The van der Waals surface area contributed by atoms with E-state index in [-0.39, 0.29) is 6.03 Å². The van der Waals surface area contributed by atoms with E-state index in [4.69, 9.17) is 0 Å². The van der Waals surface area contributed by atoms with Gasteiger partial charge in [-0.25, -0.2) is 14.8 Å². The van der Waals surface area contributed by atoms with Crippen LogP contribution in [-0.4, -0.2) is 47.1 Å². The summed E-state index contributed by atoms with van der Waals surface area (Å²) in [5.41, 5.74) is 0. The summed E-state index contributed by atoms with van der Waals surface area (Å²) < 4.78 is 0. The quantitative estimate of drug-likeness (QED) is 0.804. The normalized spacial score (nSPS) is 19.0. The molecular formula is C13H21N5O. The monoisotopic (exact) mass is 263 g/mol. The van der Waals surface area contributed by atoms with Crippen molar-refractivity contribution >= 4 is 12.0 Å². The van der Waals surface area contributed by atoms with Crippen molar-refractivity contribution in [3.8, 4) is 0 Å². The van der Waals surface area contributed by atoms with Crippen LogP contribution in [0.15, 0.2) is 18.5 Å². The van der Waals surface area contributed by atoms with Crippen molar-refractivity contribution in [2.75, 3.05) is 31.5 Å². The maximum absolute atomic E-state index is 11.9. The third-order valence-electron chi connectivity index (χ3n) is 3.19. The van der Waals surface area contributed by atoms with Crippen molar-refractivity contribution in [2.24, 2.45) is 5.92 Å². The zero-order chi connectivity index (χ0) is 13.5. The maximum atomic E-state index is 11.9. The lowest BCUT2D eigenvalue weighted by Crippen LogP contribution is -2.46. The van der Waals surface area contributed by atoms with Crippen molar-refractivity contribution in [1.82, 2.24) is 20.2 Å². The molecule has 2 amide bonds. The van der Waals surface area contributed by atoms with Gasteiger partial charge in [0.2, 0.25) is 5.95 Å². The van der Waals surface area contributed by atoms with E-state index in [1.807, 2.05) is 4.90 Å². The second-order valence-corrected chi connectivity index (χ2v) is 4.92. The van der Waals surface area contributed by atoms with E-state index < -0.39 is 0 Å². The van der Waals surface area contributed by atoms with Crippen molar-refractivity contribution in [1.29, 1.82) is 0 Å². The van der Waals surface area contributed by atoms with Gasteiger partial charge in [-0.05, 0) is 24.8 Å². The standard InChI is InChI=1S/C13H21N5O/c1-11-4-2-9-18(10-11)13(19)17-8-7-16-12-14-5-3-6-15-12/h3,5-6,11H,2,4,7-10H2,1H3,(H,17,19)(H,14,15,16)/t11-/m1/s1. The highest BCUT2D eigenvalue weighted by Crippen LogP contribution is 2.14. The zero-order valence-electron chi connectivity index (χ0n) is 11.3. The molecule has 1 aliphatic rings. The largest absolute Gasteiger partial charge is 0.352 e. The van der Waals surface area contributed by atoms with Gasteiger partial charge in [0.05, 0.1) is 0 Å². The van der Waals surface area contributed by atoms with Gasteiger partial charge in [0.1, 0.15) is 0 Å². The molecule has 1 fully saturated rings. The molecule has 1 aromatic heterocycles. The van der Waals surface area contributed by atoms with Crippen LogP contribution in [0.2, 0.25) is 0 Å². The number of carbonyl (C=O) groups excluding carboxylic acids is 1. The minimum Gasteiger partial charge on any atom is -0.352 e. The molecular weight excluding hydrogens is 242 g/mol. The molecule has 2 N–H and O–H groups in total. The first kappa shape index (κ1) is 13.6. The first-order valence-corrected chi connectivity index (χ1v) is 6.79. The molecule has 19 heavy (non-hydrogen) atoms. The number of nitrogens with one attached hydrogen (secondary N) is 2. The highest BCUT2D eigenvalue weighted by molar-refractivity contribution is 5.74. The Morgan fingerprint density at radius 3 is 2.95 bits per heavy atom. The summed E-state index contributed by atoms with van der Waals surface area (Å²) in [5, 5.41) is 5.97. The van der Waals surface area contributed by atoms with Crippen LogP contribution in [0.4, 0.5) is 10.7 Å². The molecule has 0 saturated carbocycles. The van der Waals surface area contributed by atoms with Gasteiger partial charge < -0.3 is 15.5 Å². The molecule has 1 saturated heterocycles. The number of carbonyl (C=O) groups is 1. The zero-order valence-corrected chi connectivity index (χ0v) is 11.3. The molecule has 0 spiro atoms. The number of hydrogen-bond acceptors (Lipinski definition) is 4. The second kappa shape index (κ2) is 6.92. The summed E-state index contributed by atoms with van der Waals surface area (Å²) in [6, 6.07) is 1.80. The lowest BCUT2D eigenvalue weighted by molar-refractivity contribution is 0.170. The molecule has 6 heteroatoms. The number of urea groups is 1. The van der Waals surface area contributed by atoms with E-state index in [0.29, 0.717) is 25.0 Å². The summed E-state index contributed by atoms with van der Waals surface area (Å²) in [4.78, 5) is 21.9. The number of rotatable bonds is 4. The molecule has 1 atom stereocenters. The van der Waals surface area contributed by atoms with Gasteiger partial charge >= 0.3 is 6.03 Å². The summed E-state index contributed by atoms with van der Waals surface area (Å²) in [6.45, 7) is 5.11. The molecule has 1 aliphatic heterocycles. The number of likely N-dealkylation sites (tertiary alicyclic amines) is 1. The number of amides is 2. The molecule has 6 nitrogen and oxygen atoms in total. The van der Waals surface area contributed by atoms with Crippen LogP contribution in [0.1, 0.15) is 19.8 Å². The predicted molar refractivity (Wildman–Crippen MR) is 73.9 cm³/mol. The highest BCUT2D eigenvalue weighted by Gasteiger charge is 2.20. The van der Waals surface area contributed by atoms with Crippen molar-refractivity contribution in [2.45, 2.75) is 19.8 Å². The van der Waals surface area contributed by atoms with Crippen LogP contribution in [0.5, 0.6) is 0 Å². The van der Waals surface area contributed by atoms with Crippen LogP contribution >= 0.6 is 0 Å². The average molecular weight is 263 g/mol. The molecule has 2 rings (SSSR count). The molecule has 0 unspecified atom stereocenters. The third-order valence-corrected chi connectivity index (χ3v) is 3.19. The first-order valence-electron chi connectivity index (χ1n) is 6.79.